The predicted octanol–water partition coefficient (Wildman–Crippen LogP) is -0.991. The van der Waals surface area contributed by atoms with E-state index in [1.54, 1.807) is 20.8 Å². The largest absolute Gasteiger partial charge is 0.459 e. The minimum atomic E-state index is -1.91. The Morgan fingerprint density at radius 1 is 1.12 bits per heavy atom. The molecule has 1 heterocycles. The van der Waals surface area contributed by atoms with Crippen LogP contribution in [0.5, 0.6) is 0 Å². The summed E-state index contributed by atoms with van der Waals surface area (Å²) in [6.07, 6.45) is -7.84. The Bertz CT molecular complexity index is 830. The predicted molar refractivity (Wildman–Crippen MR) is 107 cm³/mol. The first-order valence-electron chi connectivity index (χ1n) is 10.8. The van der Waals surface area contributed by atoms with Gasteiger partial charge < -0.3 is 40.1 Å². The van der Waals surface area contributed by atoms with Crippen molar-refractivity contribution in [3.05, 3.63) is 11.1 Å². The van der Waals surface area contributed by atoms with Gasteiger partial charge in [-0.25, -0.2) is 0 Å². The molecule has 179 valence electrons. The molecule has 3 fully saturated rings. The maximum Gasteiger partial charge on any atom is 0.303 e. The fraction of sp³-hybridized carbons (Fsp3) is 0.864. The average Bonchev–Trinajstić information content (AvgIpc) is 2.66. The molecule has 32 heavy (non-hydrogen) atoms. The van der Waals surface area contributed by atoms with Crippen LogP contribution in [-0.4, -0.2) is 91.0 Å². The summed E-state index contributed by atoms with van der Waals surface area (Å²) in [6.45, 7) is 7.52. The molecule has 0 spiro atoms. The molecule has 1 aliphatic heterocycles. The van der Waals surface area contributed by atoms with Crippen LogP contribution < -0.4 is 0 Å². The summed E-state index contributed by atoms with van der Waals surface area (Å²) in [5.74, 6) is -1.89. The Kier molecular flexibility index (Phi) is 6.92. The Balaban J connectivity index is 0.00000289. The molecule has 10 heteroatoms. The van der Waals surface area contributed by atoms with E-state index in [2.05, 4.69) is 0 Å². The molecular formula is C22H34AcO9. The standard InChI is InChI=1S/C22H34O9.Ac/c1-9-11(24)7-22(29)18(31-10(2)23)16-20(5,12(25)6-13-21(16,28)8-30-13)17(27)15(26)14(9)19(22,3)4;/h11-13,15-18,24-29H,6-8H2,1-5H3;/t11-,12-,13+,15+,16?,17+,18-,20+,21-,22+;/m0./s1. The zero-order chi connectivity index (χ0) is 23.3. The van der Waals surface area contributed by atoms with Crippen molar-refractivity contribution in [2.45, 2.75) is 95.3 Å². The molecule has 0 amide bonds. The number of hydrogen-bond acceptors (Lipinski definition) is 9. The minimum absolute atomic E-state index is 0. The van der Waals surface area contributed by atoms with Gasteiger partial charge in [0.05, 0.1) is 31.0 Å². The molecule has 1 unspecified atom stereocenters. The molecule has 3 aliphatic carbocycles. The van der Waals surface area contributed by atoms with Crippen molar-refractivity contribution in [1.29, 1.82) is 0 Å². The van der Waals surface area contributed by atoms with Crippen LogP contribution in [0.1, 0.15) is 47.5 Å². The Hall–Kier alpha value is 0.372. The molecule has 1 radical (unpaired) electrons. The third kappa shape index (κ3) is 3.21. The second-order valence-corrected chi connectivity index (χ2v) is 10.7. The molecule has 9 nitrogen and oxygen atoms in total. The van der Waals surface area contributed by atoms with Crippen molar-refractivity contribution in [3.63, 3.8) is 0 Å². The summed E-state index contributed by atoms with van der Waals surface area (Å²) in [7, 11) is 0. The van der Waals surface area contributed by atoms with Crippen molar-refractivity contribution < 1.29 is 89.0 Å². The summed E-state index contributed by atoms with van der Waals surface area (Å²) in [6, 6.07) is 0. The first kappa shape index (κ1) is 27.0. The van der Waals surface area contributed by atoms with Gasteiger partial charge in [-0.1, -0.05) is 20.8 Å². The molecule has 10 atom stereocenters. The molecule has 0 aromatic rings. The van der Waals surface area contributed by atoms with Crippen molar-refractivity contribution in [2.75, 3.05) is 6.61 Å². The number of aliphatic hydroxyl groups excluding tert-OH is 4. The maximum absolute atomic E-state index is 12.2. The number of ether oxygens (including phenoxy) is 2. The molecule has 2 bridgehead atoms. The van der Waals surface area contributed by atoms with Crippen molar-refractivity contribution in [2.24, 2.45) is 16.7 Å². The molecule has 4 aliphatic rings. The Morgan fingerprint density at radius 3 is 2.22 bits per heavy atom. The van der Waals surface area contributed by atoms with E-state index in [4.69, 9.17) is 9.47 Å². The third-order valence-electron chi connectivity index (χ3n) is 8.92. The van der Waals surface area contributed by atoms with Crippen LogP contribution in [0.25, 0.3) is 0 Å². The number of aliphatic hydroxyl groups is 6. The molecule has 4 rings (SSSR count). The summed E-state index contributed by atoms with van der Waals surface area (Å²) >= 11 is 0. The van der Waals surface area contributed by atoms with E-state index < -0.39 is 70.5 Å². The number of esters is 1. The van der Waals surface area contributed by atoms with Gasteiger partial charge in [0.25, 0.3) is 0 Å². The van der Waals surface area contributed by atoms with Crippen LogP contribution >= 0.6 is 0 Å². The maximum atomic E-state index is 12.2. The Morgan fingerprint density at radius 2 is 1.72 bits per heavy atom. The smallest absolute Gasteiger partial charge is 0.303 e. The van der Waals surface area contributed by atoms with E-state index in [1.807, 2.05) is 0 Å². The van der Waals surface area contributed by atoms with E-state index in [0.29, 0.717) is 5.57 Å². The van der Waals surface area contributed by atoms with Crippen molar-refractivity contribution >= 4 is 5.97 Å². The summed E-state index contributed by atoms with van der Waals surface area (Å²) in [5.41, 5.74) is -5.65. The van der Waals surface area contributed by atoms with E-state index in [-0.39, 0.29) is 69.1 Å². The fourth-order valence-corrected chi connectivity index (χ4v) is 6.91. The van der Waals surface area contributed by atoms with Gasteiger partial charge in [0.2, 0.25) is 0 Å². The van der Waals surface area contributed by atoms with E-state index in [1.165, 1.54) is 13.8 Å². The second-order valence-electron chi connectivity index (χ2n) is 10.7. The monoisotopic (exact) mass is 669 g/mol. The van der Waals surface area contributed by atoms with Crippen LogP contribution in [0.4, 0.5) is 0 Å². The SMILES string of the molecule is CC(=O)O[C@H]1C2[C@](C)([C@H](O)[C@H](O)C3=C(C)[C@@H](O)C[C@]1(O)C3(C)C)[C@@H](O)C[C@H]1OC[C@@]21O.[Ac]. The van der Waals surface area contributed by atoms with Gasteiger partial charge in [0.1, 0.15) is 23.4 Å². The molecule has 2 saturated carbocycles. The van der Waals surface area contributed by atoms with Crippen LogP contribution in [0, 0.1) is 60.8 Å². The number of fused-ring (bicyclic) bond motifs is 5. The summed E-state index contributed by atoms with van der Waals surface area (Å²) in [4.78, 5) is 12.2. The Labute approximate surface area is 223 Å². The van der Waals surface area contributed by atoms with Crippen molar-refractivity contribution in [1.82, 2.24) is 0 Å². The van der Waals surface area contributed by atoms with Crippen molar-refractivity contribution in [3.8, 4) is 0 Å². The van der Waals surface area contributed by atoms with Gasteiger partial charge in [-0.2, -0.15) is 0 Å². The van der Waals surface area contributed by atoms with Gasteiger partial charge in [-0.15, -0.1) is 0 Å². The zero-order valence-corrected chi connectivity index (χ0v) is 23.9. The average molecular weight is 670 g/mol. The molecule has 6 N–H and O–H groups in total. The quantitative estimate of drug-likeness (QED) is 0.153. The normalized spacial score (nSPS) is 51.8. The van der Waals surface area contributed by atoms with Gasteiger partial charge in [-0.3, -0.25) is 4.79 Å². The molecule has 1 saturated heterocycles. The van der Waals surface area contributed by atoms with Crippen LogP contribution in [-0.2, 0) is 14.3 Å². The van der Waals surface area contributed by atoms with E-state index in [0.717, 1.165) is 0 Å². The van der Waals surface area contributed by atoms with Gasteiger partial charge in [0, 0.05) is 80.6 Å². The topological polar surface area (TPSA) is 157 Å². The molecule has 0 aromatic heterocycles. The summed E-state index contributed by atoms with van der Waals surface area (Å²) < 4.78 is 11.2. The summed E-state index contributed by atoms with van der Waals surface area (Å²) in [5, 5.41) is 68.4. The minimum Gasteiger partial charge on any atom is -0.459 e. The van der Waals surface area contributed by atoms with Gasteiger partial charge >= 0.3 is 5.97 Å². The first-order chi connectivity index (χ1) is 14.1. The molecular weight excluding hydrogens is 635 g/mol. The molecule has 0 aromatic carbocycles. The first-order valence-corrected chi connectivity index (χ1v) is 10.8. The number of rotatable bonds is 1. The number of carbonyl (C=O) groups is 1. The van der Waals surface area contributed by atoms with Gasteiger partial charge in [0.15, 0.2) is 0 Å². The van der Waals surface area contributed by atoms with E-state index in [9.17, 15) is 35.4 Å². The third-order valence-corrected chi connectivity index (χ3v) is 8.92. The van der Waals surface area contributed by atoms with Crippen LogP contribution in [0.3, 0.4) is 0 Å². The fourth-order valence-electron chi connectivity index (χ4n) is 6.91. The second kappa shape index (κ2) is 8.21. The van der Waals surface area contributed by atoms with E-state index >= 15 is 0 Å². The van der Waals surface area contributed by atoms with Crippen LogP contribution in [0.15, 0.2) is 11.1 Å². The number of hydrogen-bond donors (Lipinski definition) is 6. The van der Waals surface area contributed by atoms with Gasteiger partial charge in [-0.05, 0) is 18.1 Å². The van der Waals surface area contributed by atoms with Crippen LogP contribution in [0.2, 0.25) is 0 Å². The number of carbonyl (C=O) groups excluding carboxylic acids is 1. The zero-order valence-electron chi connectivity index (χ0n) is 19.1.